The molecule has 0 bridgehead atoms. The van der Waals surface area contributed by atoms with Gasteiger partial charge in [0.1, 0.15) is 0 Å². The molecule has 6 heteroatoms. The van der Waals surface area contributed by atoms with Crippen LogP contribution >= 0.6 is 30.5 Å². The van der Waals surface area contributed by atoms with Crippen LogP contribution in [-0.4, -0.2) is 52.8 Å². The molecular formula is C52H82IO4P. The summed E-state index contributed by atoms with van der Waals surface area (Å²) in [6.45, 7) is 29.8. The molecular weight excluding hydrogens is 846 g/mol. The third-order valence-corrected chi connectivity index (χ3v) is 17.8. The van der Waals surface area contributed by atoms with Gasteiger partial charge in [-0.3, -0.25) is 0 Å². The van der Waals surface area contributed by atoms with Crippen LogP contribution in [0.15, 0.2) is 91.0 Å². The average Bonchev–Trinajstić information content (AvgIpc) is 3.26. The monoisotopic (exact) mass is 928 g/mol. The Balaban J connectivity index is 0.000000211. The topological polar surface area (TPSA) is 47.9 Å². The number of aliphatic hydroxyl groups is 1. The molecule has 326 valence electrons. The average molecular weight is 929 g/mol. The van der Waals surface area contributed by atoms with Crippen molar-refractivity contribution in [1.82, 2.24) is 0 Å². The minimum atomic E-state index is -0.446. The first-order valence-electron chi connectivity index (χ1n) is 22.9. The molecule has 3 heterocycles. The zero-order valence-electron chi connectivity index (χ0n) is 38.6. The standard InChI is InChI=1S/C18H15P.C12H24O.C11H21IO.C11H22O2/c1-4-10-16(11-5-1)19(17-12-6-2-7-13-17)18-14-8-3-9-15-18;1-6-11-9(4)8(3)10(5)12(7-2)13-11;2*1-5-10-8(3)7(2)9(4)11(6-12)13-10/h1-15H;8-12H,6-7H2,1-5H3;7-11H,5-6H2,1-4H3;7-12H,5-6H2,1-4H3/t;8?,9-,10?,11?,12-;2*7?,8-,9?,10?,11-/m.111/s1. The molecule has 0 radical (unpaired) electrons. The molecule has 0 aromatic heterocycles. The number of alkyl halides is 1. The lowest BCUT2D eigenvalue weighted by molar-refractivity contribution is -0.148. The molecule has 0 saturated carbocycles. The second-order valence-corrected chi connectivity index (χ2v) is 20.8. The molecule has 3 aliphatic rings. The van der Waals surface area contributed by atoms with E-state index in [0.717, 1.165) is 65.6 Å². The Hall–Kier alpha value is -1.34. The van der Waals surface area contributed by atoms with Crippen molar-refractivity contribution in [3.63, 3.8) is 0 Å². The van der Waals surface area contributed by atoms with Crippen LogP contribution in [0.5, 0.6) is 0 Å². The molecule has 58 heavy (non-hydrogen) atoms. The molecule has 3 aromatic rings. The fourth-order valence-electron chi connectivity index (χ4n) is 9.32. The summed E-state index contributed by atoms with van der Waals surface area (Å²) < 4.78 is 19.1. The van der Waals surface area contributed by atoms with Crippen LogP contribution in [0.4, 0.5) is 0 Å². The van der Waals surface area contributed by atoms with E-state index in [2.05, 4.69) is 204 Å². The zero-order chi connectivity index (χ0) is 42.9. The number of hydrogen-bond acceptors (Lipinski definition) is 4. The van der Waals surface area contributed by atoms with Crippen LogP contribution in [0.1, 0.15) is 116 Å². The number of aliphatic hydroxyl groups excluding tert-OH is 1. The lowest BCUT2D eigenvalue weighted by Crippen LogP contribution is -2.45. The smallest absolute Gasteiger partial charge is 0.0837 e. The van der Waals surface area contributed by atoms with E-state index >= 15 is 0 Å². The Morgan fingerprint density at radius 2 is 0.638 bits per heavy atom. The van der Waals surface area contributed by atoms with Crippen molar-refractivity contribution in [1.29, 1.82) is 0 Å². The molecule has 15 atom stereocenters. The lowest BCUT2D eigenvalue weighted by Gasteiger charge is -2.43. The molecule has 0 aliphatic carbocycles. The van der Waals surface area contributed by atoms with E-state index in [4.69, 9.17) is 19.3 Å². The number of halogens is 1. The fraction of sp³-hybridized carbons (Fsp3) is 0.654. The lowest BCUT2D eigenvalue weighted by atomic mass is 9.75. The molecule has 9 unspecified atom stereocenters. The van der Waals surface area contributed by atoms with Gasteiger partial charge < -0.3 is 19.3 Å². The maximum Gasteiger partial charge on any atom is 0.0837 e. The van der Waals surface area contributed by atoms with E-state index in [1.165, 1.54) is 15.9 Å². The first kappa shape index (κ1) is 51.0. The van der Waals surface area contributed by atoms with Gasteiger partial charge in [0.15, 0.2) is 0 Å². The number of hydrogen-bond donors (Lipinski definition) is 1. The number of ether oxygens (including phenoxy) is 3. The minimum absolute atomic E-state index is 0.0520. The van der Waals surface area contributed by atoms with Gasteiger partial charge in [-0.25, -0.2) is 0 Å². The third kappa shape index (κ3) is 13.8. The van der Waals surface area contributed by atoms with Crippen molar-refractivity contribution in [3.05, 3.63) is 91.0 Å². The Morgan fingerprint density at radius 1 is 0.397 bits per heavy atom. The summed E-state index contributed by atoms with van der Waals surface area (Å²) in [5, 5.41) is 13.3. The van der Waals surface area contributed by atoms with Crippen LogP contribution < -0.4 is 15.9 Å². The third-order valence-electron chi connectivity index (χ3n) is 14.5. The van der Waals surface area contributed by atoms with Gasteiger partial charge in [-0.05, 0) is 103 Å². The van der Waals surface area contributed by atoms with Crippen LogP contribution in [0, 0.1) is 53.3 Å². The van der Waals surface area contributed by atoms with Gasteiger partial charge >= 0.3 is 0 Å². The molecule has 6 rings (SSSR count). The second-order valence-electron chi connectivity index (χ2n) is 17.7. The Labute approximate surface area is 371 Å². The predicted octanol–water partition coefficient (Wildman–Crippen LogP) is 12.5. The van der Waals surface area contributed by atoms with Crippen LogP contribution in [0.2, 0.25) is 0 Å². The van der Waals surface area contributed by atoms with Crippen molar-refractivity contribution in [3.8, 4) is 0 Å². The summed E-state index contributed by atoms with van der Waals surface area (Å²) in [4.78, 5) is 0. The number of benzene rings is 3. The first-order chi connectivity index (χ1) is 27.8. The maximum absolute atomic E-state index is 9.15. The van der Waals surface area contributed by atoms with E-state index in [0.29, 0.717) is 48.3 Å². The molecule has 0 amide bonds. The first-order valence-corrected chi connectivity index (χ1v) is 25.7. The van der Waals surface area contributed by atoms with E-state index in [1.807, 2.05) is 0 Å². The van der Waals surface area contributed by atoms with Crippen molar-refractivity contribution < 1.29 is 19.3 Å². The van der Waals surface area contributed by atoms with E-state index in [-0.39, 0.29) is 12.7 Å². The molecule has 4 nitrogen and oxygen atoms in total. The highest BCUT2D eigenvalue weighted by Crippen LogP contribution is 2.39. The quantitative estimate of drug-likeness (QED) is 0.132. The van der Waals surface area contributed by atoms with Gasteiger partial charge in [-0.1, -0.05) is 204 Å². The molecule has 3 fully saturated rings. The highest BCUT2D eigenvalue weighted by Gasteiger charge is 2.39. The SMILES string of the molecule is CCC1O[C@H](CC)C(C)C(C)[C@H]1C.CCC1O[C@H](CI)C(C)C(C)[C@H]1C.CCC1O[C@H](CO)C(C)C(C)[C@H]1C.c1ccc(P(c2ccccc2)c2ccccc2)cc1. The summed E-state index contributed by atoms with van der Waals surface area (Å²) >= 11 is 2.44. The van der Waals surface area contributed by atoms with Crippen molar-refractivity contribution in [2.45, 2.75) is 152 Å². The molecule has 3 aromatic carbocycles. The molecule has 1 N–H and O–H groups in total. The van der Waals surface area contributed by atoms with Gasteiger partial charge in [-0.2, -0.15) is 0 Å². The van der Waals surface area contributed by atoms with Crippen molar-refractivity contribution >= 4 is 46.4 Å². The van der Waals surface area contributed by atoms with Gasteiger partial charge in [-0.15, -0.1) is 0 Å². The normalized spacial score (nSPS) is 34.7. The second kappa shape index (κ2) is 26.2. The van der Waals surface area contributed by atoms with E-state index < -0.39 is 7.92 Å². The highest BCUT2D eigenvalue weighted by molar-refractivity contribution is 14.1. The van der Waals surface area contributed by atoms with Crippen LogP contribution in [0.3, 0.4) is 0 Å². The molecule has 3 aliphatic heterocycles. The van der Waals surface area contributed by atoms with Crippen molar-refractivity contribution in [2.24, 2.45) is 53.3 Å². The largest absolute Gasteiger partial charge is 0.394 e. The van der Waals surface area contributed by atoms with Crippen molar-refractivity contribution in [2.75, 3.05) is 11.0 Å². The number of rotatable bonds is 9. The summed E-state index contributed by atoms with van der Waals surface area (Å²) in [6, 6.07) is 32.3. The maximum atomic E-state index is 9.15. The Kier molecular flexibility index (Phi) is 23.0. The highest BCUT2D eigenvalue weighted by atomic mass is 127. The van der Waals surface area contributed by atoms with Gasteiger partial charge in [0.25, 0.3) is 0 Å². The van der Waals surface area contributed by atoms with E-state index in [1.54, 1.807) is 0 Å². The fourth-order valence-corrected chi connectivity index (χ4v) is 12.6. The van der Waals surface area contributed by atoms with Gasteiger partial charge in [0.2, 0.25) is 0 Å². The summed E-state index contributed by atoms with van der Waals surface area (Å²) in [5.74, 6) is 6.24. The van der Waals surface area contributed by atoms with Crippen LogP contribution in [0.25, 0.3) is 0 Å². The predicted molar refractivity (Wildman–Crippen MR) is 261 cm³/mol. The Bertz CT molecular complexity index is 1260. The van der Waals surface area contributed by atoms with Gasteiger partial charge in [0.05, 0.1) is 43.2 Å². The van der Waals surface area contributed by atoms with Gasteiger partial charge in [0, 0.05) is 4.43 Å². The van der Waals surface area contributed by atoms with Crippen LogP contribution in [-0.2, 0) is 14.2 Å². The Morgan fingerprint density at radius 3 is 0.897 bits per heavy atom. The zero-order valence-corrected chi connectivity index (χ0v) is 41.6. The summed E-state index contributed by atoms with van der Waals surface area (Å²) in [5.41, 5.74) is 0. The molecule has 3 saturated heterocycles. The summed E-state index contributed by atoms with van der Waals surface area (Å²) in [6.07, 6.45) is 6.89. The summed E-state index contributed by atoms with van der Waals surface area (Å²) in [7, 11) is -0.446. The van der Waals surface area contributed by atoms with E-state index in [9.17, 15) is 0 Å². The minimum Gasteiger partial charge on any atom is -0.394 e. The molecule has 0 spiro atoms.